The summed E-state index contributed by atoms with van der Waals surface area (Å²) in [5, 5.41) is 4.40. The summed E-state index contributed by atoms with van der Waals surface area (Å²) < 4.78 is 13.9. The quantitative estimate of drug-likeness (QED) is 0.244. The van der Waals surface area contributed by atoms with E-state index in [0.717, 1.165) is 39.8 Å². The van der Waals surface area contributed by atoms with Gasteiger partial charge in [-0.15, -0.1) is 0 Å². The molecule has 194 valence electrons. The minimum Gasteiger partial charge on any atom is -0.490 e. The number of nitrogens with zero attached hydrogens (tertiary/aromatic N) is 3. The van der Waals surface area contributed by atoms with Crippen molar-refractivity contribution in [3.8, 4) is 28.4 Å². The molecule has 1 unspecified atom stereocenters. The molecule has 39 heavy (non-hydrogen) atoms. The van der Waals surface area contributed by atoms with Gasteiger partial charge in [0.1, 0.15) is 42.1 Å². The van der Waals surface area contributed by atoms with E-state index in [1.807, 2.05) is 91.9 Å². The normalized spacial score (nSPS) is 16.9. The fourth-order valence-corrected chi connectivity index (χ4v) is 4.49. The molecule has 6 rings (SSSR count). The second kappa shape index (κ2) is 10.8. The van der Waals surface area contributed by atoms with E-state index in [-0.39, 0.29) is 0 Å². The van der Waals surface area contributed by atoms with Gasteiger partial charge in [0.2, 0.25) is 0 Å². The lowest BCUT2D eigenvalue weighted by Crippen LogP contribution is -2.44. The van der Waals surface area contributed by atoms with Gasteiger partial charge in [0.15, 0.2) is 0 Å². The molecule has 0 bridgehead atoms. The van der Waals surface area contributed by atoms with Crippen molar-refractivity contribution in [1.29, 1.82) is 0 Å². The number of para-hydroxylation sites is 1. The third-order valence-electron chi connectivity index (χ3n) is 6.55. The Balaban J connectivity index is 1.18. The molecule has 0 amide bonds. The first-order chi connectivity index (χ1) is 19.2. The molecule has 1 aromatic heterocycles. The Morgan fingerprint density at radius 3 is 2.08 bits per heavy atom. The maximum atomic E-state index is 6.18. The molecule has 1 aliphatic rings. The van der Waals surface area contributed by atoms with Crippen molar-refractivity contribution in [2.45, 2.75) is 18.9 Å². The van der Waals surface area contributed by atoms with Crippen LogP contribution in [0, 0.1) is 0 Å². The Morgan fingerprint density at radius 1 is 0.769 bits per heavy atom. The zero-order valence-electron chi connectivity index (χ0n) is 21.5. The highest BCUT2D eigenvalue weighted by Crippen LogP contribution is 2.35. The van der Waals surface area contributed by atoms with Crippen LogP contribution in [0.5, 0.6) is 17.2 Å². The van der Waals surface area contributed by atoms with E-state index in [9.17, 15) is 0 Å². The summed E-state index contributed by atoms with van der Waals surface area (Å²) in [6.07, 6.45) is 3.78. The number of hydroxylamine groups is 1. The average Bonchev–Trinajstić information content (AvgIpc) is 3.53. The molecule has 1 atom stereocenters. The molecule has 7 nitrogen and oxygen atoms in total. The van der Waals surface area contributed by atoms with Crippen molar-refractivity contribution in [1.82, 2.24) is 20.2 Å². The second-order valence-corrected chi connectivity index (χ2v) is 9.61. The molecule has 1 N–H and O–H groups in total. The minimum absolute atomic E-state index is 0.347. The molecule has 0 spiro atoms. The summed E-state index contributed by atoms with van der Waals surface area (Å²) in [6.45, 7) is 2.36. The van der Waals surface area contributed by atoms with Crippen LogP contribution >= 0.6 is 0 Å². The Hall–Kier alpha value is -4.88. The van der Waals surface area contributed by atoms with Crippen LogP contribution in [-0.2, 0) is 4.84 Å². The van der Waals surface area contributed by atoms with Crippen molar-refractivity contribution in [3.63, 3.8) is 0 Å². The monoisotopic (exact) mass is 516 g/mol. The molecule has 5 aromatic rings. The van der Waals surface area contributed by atoms with E-state index in [1.54, 1.807) is 11.0 Å². The SMILES string of the molecule is CC1(COc2ccc(-c3ccccc3)cc2)CC(n2cncn2)=C(c2ccc(Oc3ccccc3)cc2)NO1. The molecule has 0 fully saturated rings. The molecule has 0 saturated heterocycles. The minimum atomic E-state index is -0.640. The summed E-state index contributed by atoms with van der Waals surface area (Å²) in [4.78, 5) is 10.3. The average molecular weight is 517 g/mol. The van der Waals surface area contributed by atoms with Crippen molar-refractivity contribution in [2.75, 3.05) is 6.61 Å². The standard InChI is InChI=1S/C32H28N4O3/c1-32(21-37-27-16-12-25(13-17-27)24-8-4-2-5-9-24)20-30(36-23-33-22-34-36)31(35-39-32)26-14-18-29(19-15-26)38-28-10-6-3-7-11-28/h2-19,22-23,35H,20-21H2,1H3. The van der Waals surface area contributed by atoms with E-state index in [2.05, 4.69) is 39.8 Å². The lowest BCUT2D eigenvalue weighted by Gasteiger charge is -2.36. The number of hydrogen-bond donors (Lipinski definition) is 1. The molecular weight excluding hydrogens is 488 g/mol. The molecule has 0 aliphatic carbocycles. The lowest BCUT2D eigenvalue weighted by molar-refractivity contribution is -0.0989. The van der Waals surface area contributed by atoms with E-state index < -0.39 is 5.60 Å². The van der Waals surface area contributed by atoms with E-state index in [4.69, 9.17) is 14.3 Å². The summed E-state index contributed by atoms with van der Waals surface area (Å²) in [5.41, 5.74) is 7.54. The van der Waals surface area contributed by atoms with Crippen LogP contribution in [-0.4, -0.2) is 27.0 Å². The molecule has 0 saturated carbocycles. The maximum Gasteiger partial charge on any atom is 0.138 e. The number of rotatable bonds is 8. The van der Waals surface area contributed by atoms with Gasteiger partial charge in [-0.1, -0.05) is 60.7 Å². The first kappa shape index (κ1) is 24.5. The second-order valence-electron chi connectivity index (χ2n) is 9.61. The number of aromatic nitrogens is 3. The topological polar surface area (TPSA) is 70.4 Å². The lowest BCUT2D eigenvalue weighted by atomic mass is 9.96. The van der Waals surface area contributed by atoms with Gasteiger partial charge in [0, 0.05) is 12.0 Å². The highest BCUT2D eigenvalue weighted by Gasteiger charge is 2.36. The molecule has 1 aliphatic heterocycles. The third kappa shape index (κ3) is 5.68. The van der Waals surface area contributed by atoms with Crippen LogP contribution in [0.15, 0.2) is 122 Å². The van der Waals surface area contributed by atoms with Gasteiger partial charge in [0.25, 0.3) is 0 Å². The van der Waals surface area contributed by atoms with Crippen molar-refractivity contribution in [3.05, 3.63) is 127 Å². The molecule has 0 radical (unpaired) electrons. The van der Waals surface area contributed by atoms with Gasteiger partial charge in [-0.2, -0.15) is 5.10 Å². The zero-order valence-corrected chi connectivity index (χ0v) is 21.5. The summed E-state index contributed by atoms with van der Waals surface area (Å²) in [5.74, 6) is 2.32. The van der Waals surface area contributed by atoms with Crippen LogP contribution < -0.4 is 15.0 Å². The van der Waals surface area contributed by atoms with Crippen LogP contribution in [0.1, 0.15) is 18.9 Å². The molecule has 4 aromatic carbocycles. The van der Waals surface area contributed by atoms with Crippen molar-refractivity contribution in [2.24, 2.45) is 0 Å². The number of hydrogen-bond acceptors (Lipinski definition) is 6. The van der Waals surface area contributed by atoms with Gasteiger partial charge in [-0.3, -0.25) is 10.3 Å². The number of nitrogens with one attached hydrogen (secondary N) is 1. The summed E-state index contributed by atoms with van der Waals surface area (Å²) >= 11 is 0. The van der Waals surface area contributed by atoms with Crippen molar-refractivity contribution < 1.29 is 14.3 Å². The van der Waals surface area contributed by atoms with Gasteiger partial charge < -0.3 is 9.47 Å². The summed E-state index contributed by atoms with van der Waals surface area (Å²) in [6, 6.07) is 36.0. The Labute approximate surface area is 227 Å². The van der Waals surface area contributed by atoms with E-state index in [0.29, 0.717) is 13.0 Å². The van der Waals surface area contributed by atoms with Crippen LogP contribution in [0.2, 0.25) is 0 Å². The maximum absolute atomic E-state index is 6.18. The highest BCUT2D eigenvalue weighted by molar-refractivity contribution is 5.82. The van der Waals surface area contributed by atoms with E-state index in [1.165, 1.54) is 11.9 Å². The zero-order chi connectivity index (χ0) is 26.5. The first-order valence-electron chi connectivity index (χ1n) is 12.8. The van der Waals surface area contributed by atoms with Gasteiger partial charge in [0.05, 0.1) is 11.4 Å². The molecule has 7 heteroatoms. The molecule has 2 heterocycles. The smallest absolute Gasteiger partial charge is 0.138 e. The van der Waals surface area contributed by atoms with Crippen molar-refractivity contribution >= 4 is 11.4 Å². The Kier molecular flexibility index (Phi) is 6.80. The van der Waals surface area contributed by atoms with Crippen LogP contribution in [0.25, 0.3) is 22.5 Å². The van der Waals surface area contributed by atoms with Gasteiger partial charge in [-0.05, 0) is 66.6 Å². The fourth-order valence-electron chi connectivity index (χ4n) is 4.49. The fraction of sp³-hybridized carbons (Fsp3) is 0.125. The largest absolute Gasteiger partial charge is 0.490 e. The highest BCUT2D eigenvalue weighted by atomic mass is 16.7. The third-order valence-corrected chi connectivity index (χ3v) is 6.55. The van der Waals surface area contributed by atoms with Crippen LogP contribution in [0.4, 0.5) is 0 Å². The van der Waals surface area contributed by atoms with Crippen LogP contribution in [0.3, 0.4) is 0 Å². The first-order valence-corrected chi connectivity index (χ1v) is 12.8. The van der Waals surface area contributed by atoms with E-state index >= 15 is 0 Å². The Bertz CT molecular complexity index is 1540. The predicted octanol–water partition coefficient (Wildman–Crippen LogP) is 6.83. The predicted molar refractivity (Wildman–Crippen MR) is 151 cm³/mol. The molecular formula is C32H28N4O3. The van der Waals surface area contributed by atoms with Gasteiger partial charge in [-0.25, -0.2) is 9.67 Å². The number of benzene rings is 4. The van der Waals surface area contributed by atoms with Gasteiger partial charge >= 0.3 is 0 Å². The number of ether oxygens (including phenoxy) is 2. The Morgan fingerprint density at radius 2 is 1.38 bits per heavy atom. The summed E-state index contributed by atoms with van der Waals surface area (Å²) in [7, 11) is 0.